The van der Waals surface area contributed by atoms with Crippen LogP contribution in [0.3, 0.4) is 0 Å². The number of hydroxylamine groups is 2. The van der Waals surface area contributed by atoms with Crippen LogP contribution in [0.4, 0.5) is 13.6 Å². The molecule has 0 saturated heterocycles. The molecule has 0 radical (unpaired) electrons. The number of pyridine rings is 1. The number of nitrogens with one attached hydrogen (secondary N) is 1. The maximum absolute atomic E-state index is 14.7. The highest BCUT2D eigenvalue weighted by Gasteiger charge is 2.35. The van der Waals surface area contributed by atoms with Gasteiger partial charge in [-0.1, -0.05) is 22.8 Å². The van der Waals surface area contributed by atoms with E-state index in [1.165, 1.54) is 19.2 Å². The van der Waals surface area contributed by atoms with Crippen LogP contribution < -0.4 is 5.32 Å². The van der Waals surface area contributed by atoms with Crippen molar-refractivity contribution in [2.45, 2.75) is 31.7 Å². The lowest BCUT2D eigenvalue weighted by Gasteiger charge is -2.25. The molecule has 2 aromatic heterocycles. The first kappa shape index (κ1) is 20.9. The Bertz CT molecular complexity index is 992. The summed E-state index contributed by atoms with van der Waals surface area (Å²) in [4.78, 5) is 19.7. The molecule has 8 nitrogen and oxygen atoms in total. The zero-order valence-corrected chi connectivity index (χ0v) is 16.5. The van der Waals surface area contributed by atoms with Crippen LogP contribution in [0, 0.1) is 12.7 Å². The first-order chi connectivity index (χ1) is 13.7. The smallest absolute Gasteiger partial charge is 0.340 e. The standard InChI is InChI=1S/C18H18ClF2N5O3/c1-8(23-18(27)26(3)28)16-14(21)4-10(7-22-16)12-5-11(19)6-13(20)15(12)17-24-9(2)29-25-17/h4-8,12,15,28H,1-3H3,(H,23,27). The van der Waals surface area contributed by atoms with Gasteiger partial charge in [-0.05, 0) is 24.6 Å². The molecule has 3 unspecified atom stereocenters. The molecule has 0 bridgehead atoms. The van der Waals surface area contributed by atoms with Crippen molar-refractivity contribution in [3.05, 3.63) is 64.1 Å². The van der Waals surface area contributed by atoms with E-state index < -0.39 is 35.6 Å². The molecule has 11 heteroatoms. The predicted molar refractivity (Wildman–Crippen MR) is 98.3 cm³/mol. The van der Waals surface area contributed by atoms with Crippen molar-refractivity contribution >= 4 is 17.6 Å². The molecule has 2 aromatic rings. The van der Waals surface area contributed by atoms with Gasteiger partial charge in [0.05, 0.1) is 17.7 Å². The molecular weight excluding hydrogens is 408 g/mol. The number of allylic oxidation sites excluding steroid dienone is 4. The number of aryl methyl sites for hydroxylation is 1. The van der Waals surface area contributed by atoms with E-state index in [9.17, 15) is 13.6 Å². The molecule has 1 aliphatic rings. The normalized spacial score (nSPS) is 20.0. The number of rotatable bonds is 4. The molecule has 0 spiro atoms. The summed E-state index contributed by atoms with van der Waals surface area (Å²) in [6.45, 7) is 3.09. The molecule has 2 heterocycles. The molecule has 0 aliphatic heterocycles. The maximum atomic E-state index is 14.7. The largest absolute Gasteiger partial charge is 0.341 e. The van der Waals surface area contributed by atoms with E-state index in [0.717, 1.165) is 13.1 Å². The molecular formula is C18H18ClF2N5O3. The number of carbonyl (C=O) groups is 1. The van der Waals surface area contributed by atoms with Gasteiger partial charge in [0.2, 0.25) is 5.89 Å². The fraction of sp³-hybridized carbons (Fsp3) is 0.333. The van der Waals surface area contributed by atoms with Crippen molar-refractivity contribution in [3.8, 4) is 0 Å². The lowest BCUT2D eigenvalue weighted by Crippen LogP contribution is -2.37. The first-order valence-electron chi connectivity index (χ1n) is 8.60. The summed E-state index contributed by atoms with van der Waals surface area (Å²) in [6, 6.07) is -0.439. The molecule has 3 atom stereocenters. The highest BCUT2D eigenvalue weighted by atomic mass is 35.5. The van der Waals surface area contributed by atoms with E-state index in [4.69, 9.17) is 21.3 Å². The summed E-state index contributed by atoms with van der Waals surface area (Å²) in [5.74, 6) is -2.57. The van der Waals surface area contributed by atoms with Crippen LogP contribution in [0.1, 0.15) is 47.8 Å². The molecule has 3 rings (SSSR count). The second kappa shape index (κ2) is 8.26. The van der Waals surface area contributed by atoms with Gasteiger partial charge in [-0.25, -0.2) is 18.6 Å². The van der Waals surface area contributed by atoms with Crippen molar-refractivity contribution in [2.24, 2.45) is 0 Å². The molecule has 29 heavy (non-hydrogen) atoms. The minimum absolute atomic E-state index is 0.0437. The topological polar surface area (TPSA) is 104 Å². The summed E-state index contributed by atoms with van der Waals surface area (Å²) in [5.41, 5.74) is 0.302. The maximum Gasteiger partial charge on any atom is 0.341 e. The fourth-order valence-corrected chi connectivity index (χ4v) is 3.27. The van der Waals surface area contributed by atoms with Gasteiger partial charge in [0.15, 0.2) is 5.82 Å². The minimum Gasteiger partial charge on any atom is -0.340 e. The average molecular weight is 426 g/mol. The lowest BCUT2D eigenvalue weighted by molar-refractivity contribution is -0.0193. The molecule has 0 fully saturated rings. The second-order valence-corrected chi connectivity index (χ2v) is 7.02. The number of hydrogen-bond donors (Lipinski definition) is 2. The van der Waals surface area contributed by atoms with Crippen molar-refractivity contribution < 1.29 is 23.3 Å². The predicted octanol–water partition coefficient (Wildman–Crippen LogP) is 3.86. The Morgan fingerprint density at radius 3 is 2.76 bits per heavy atom. The van der Waals surface area contributed by atoms with E-state index in [2.05, 4.69) is 20.4 Å². The number of urea groups is 1. The highest BCUT2D eigenvalue weighted by molar-refractivity contribution is 6.31. The number of amides is 2. The number of hydrogen-bond acceptors (Lipinski definition) is 6. The Hall–Kier alpha value is -2.85. The summed E-state index contributed by atoms with van der Waals surface area (Å²) in [7, 11) is 1.13. The number of carbonyl (C=O) groups excluding carboxylic acids is 1. The number of nitrogens with zero attached hydrogens (tertiary/aromatic N) is 4. The lowest BCUT2D eigenvalue weighted by atomic mass is 9.82. The zero-order chi connectivity index (χ0) is 21.3. The van der Waals surface area contributed by atoms with Crippen LogP contribution in [-0.2, 0) is 0 Å². The molecule has 2 amide bonds. The van der Waals surface area contributed by atoms with Gasteiger partial charge in [0.25, 0.3) is 0 Å². The van der Waals surface area contributed by atoms with Gasteiger partial charge >= 0.3 is 6.03 Å². The molecule has 0 saturated carbocycles. The van der Waals surface area contributed by atoms with Crippen molar-refractivity contribution in [1.29, 1.82) is 0 Å². The molecule has 2 N–H and O–H groups in total. The summed E-state index contributed by atoms with van der Waals surface area (Å²) >= 11 is 6.01. The van der Waals surface area contributed by atoms with Gasteiger partial charge in [-0.2, -0.15) is 4.98 Å². The van der Waals surface area contributed by atoms with Crippen molar-refractivity contribution in [2.75, 3.05) is 7.05 Å². The second-order valence-electron chi connectivity index (χ2n) is 6.59. The van der Waals surface area contributed by atoms with Crippen molar-refractivity contribution in [1.82, 2.24) is 25.5 Å². The van der Waals surface area contributed by atoms with Crippen LogP contribution in [0.15, 0.2) is 39.8 Å². The van der Waals surface area contributed by atoms with Gasteiger partial charge < -0.3 is 9.84 Å². The first-order valence-corrected chi connectivity index (χ1v) is 8.98. The van der Waals surface area contributed by atoms with Gasteiger partial charge in [0.1, 0.15) is 11.6 Å². The van der Waals surface area contributed by atoms with Crippen LogP contribution in [0.2, 0.25) is 0 Å². The van der Waals surface area contributed by atoms with Crippen LogP contribution in [-0.4, -0.2) is 38.5 Å². The Labute approximate surface area is 169 Å². The molecule has 154 valence electrons. The average Bonchev–Trinajstić information content (AvgIpc) is 3.06. The van der Waals surface area contributed by atoms with Crippen LogP contribution in [0.5, 0.6) is 0 Å². The highest BCUT2D eigenvalue weighted by Crippen LogP contribution is 2.43. The van der Waals surface area contributed by atoms with E-state index >= 15 is 0 Å². The number of aromatic nitrogens is 3. The van der Waals surface area contributed by atoms with Gasteiger partial charge in [0, 0.05) is 31.1 Å². The van der Waals surface area contributed by atoms with Crippen molar-refractivity contribution in [3.63, 3.8) is 0 Å². The summed E-state index contributed by atoms with van der Waals surface area (Å²) in [5, 5.41) is 15.8. The molecule has 1 aliphatic carbocycles. The SMILES string of the molecule is Cc1nc(C2C(F)=CC(Cl)=CC2c2cnc(C(C)NC(=O)N(C)O)c(F)c2)no1. The summed E-state index contributed by atoms with van der Waals surface area (Å²) in [6.07, 6.45) is 4.08. The quantitative estimate of drug-likeness (QED) is 0.569. The van der Waals surface area contributed by atoms with E-state index in [0.29, 0.717) is 10.6 Å². The third kappa shape index (κ3) is 4.43. The Balaban J connectivity index is 1.93. The van der Waals surface area contributed by atoms with E-state index in [1.54, 1.807) is 13.0 Å². The Morgan fingerprint density at radius 1 is 1.45 bits per heavy atom. The minimum atomic E-state index is -0.942. The number of halogens is 3. The van der Waals surface area contributed by atoms with Crippen LogP contribution >= 0.6 is 11.6 Å². The zero-order valence-electron chi connectivity index (χ0n) is 15.7. The van der Waals surface area contributed by atoms with E-state index in [-0.39, 0.29) is 22.4 Å². The Kier molecular flexibility index (Phi) is 5.94. The van der Waals surface area contributed by atoms with Gasteiger partial charge in [-0.3, -0.25) is 10.2 Å². The van der Waals surface area contributed by atoms with Crippen LogP contribution in [0.25, 0.3) is 0 Å². The third-order valence-electron chi connectivity index (χ3n) is 4.41. The van der Waals surface area contributed by atoms with E-state index in [1.807, 2.05) is 0 Å². The Morgan fingerprint density at radius 2 is 2.17 bits per heavy atom. The molecule has 0 aromatic carbocycles. The summed E-state index contributed by atoms with van der Waals surface area (Å²) < 4.78 is 34.4. The van der Waals surface area contributed by atoms with Gasteiger partial charge in [-0.15, -0.1) is 0 Å². The fourth-order valence-electron chi connectivity index (χ4n) is 3.03. The third-order valence-corrected chi connectivity index (χ3v) is 4.65. The monoisotopic (exact) mass is 425 g/mol.